The highest BCUT2D eigenvalue weighted by atomic mass is 16.6. The van der Waals surface area contributed by atoms with Crippen molar-refractivity contribution >= 4 is 12.1 Å². The molecule has 1 atom stereocenters. The smallest absolute Gasteiger partial charge is 0.408 e. The van der Waals surface area contributed by atoms with Gasteiger partial charge in [-0.05, 0) is 33.1 Å². The topological polar surface area (TPSA) is 64.6 Å². The summed E-state index contributed by atoms with van der Waals surface area (Å²) in [5.74, 6) is 0.163. The zero-order chi connectivity index (χ0) is 16.6. The number of methoxy groups -OCH3 is 1. The first kappa shape index (κ1) is 18.5. The monoisotopic (exact) mass is 311 g/mol. The molecule has 1 fully saturated rings. The molecule has 0 unspecified atom stereocenters. The Balaban J connectivity index is 2.61. The van der Waals surface area contributed by atoms with Gasteiger partial charge in [0.25, 0.3) is 0 Å². The first-order valence-electron chi connectivity index (χ1n) is 8.06. The number of rotatable bonds is 5. The van der Waals surface area contributed by atoms with Crippen LogP contribution in [0.25, 0.3) is 0 Å². The van der Waals surface area contributed by atoms with E-state index in [2.05, 4.69) is 10.1 Å². The van der Waals surface area contributed by atoms with Gasteiger partial charge in [0, 0.05) is 6.08 Å². The Morgan fingerprint density at radius 1 is 1.23 bits per heavy atom. The van der Waals surface area contributed by atoms with Crippen LogP contribution in [0.1, 0.15) is 59.3 Å². The molecule has 0 aliphatic heterocycles. The lowest BCUT2D eigenvalue weighted by Crippen LogP contribution is -2.39. The van der Waals surface area contributed by atoms with Gasteiger partial charge >= 0.3 is 12.1 Å². The molecular formula is C17H29NO4. The Morgan fingerprint density at radius 3 is 2.41 bits per heavy atom. The number of carbonyl (C=O) groups excluding carboxylic acids is 2. The Kier molecular flexibility index (Phi) is 7.42. The molecule has 0 aromatic carbocycles. The summed E-state index contributed by atoms with van der Waals surface area (Å²) in [7, 11) is 1.34. The summed E-state index contributed by atoms with van der Waals surface area (Å²) in [6.45, 7) is 5.48. The minimum atomic E-state index is -0.536. The molecule has 1 N–H and O–H groups in total. The minimum Gasteiger partial charge on any atom is -0.466 e. The highest BCUT2D eigenvalue weighted by molar-refractivity contribution is 5.82. The van der Waals surface area contributed by atoms with Crippen LogP contribution in [0.5, 0.6) is 0 Å². The second-order valence-corrected chi connectivity index (χ2v) is 6.87. The van der Waals surface area contributed by atoms with Crippen molar-refractivity contribution in [2.45, 2.75) is 70.9 Å². The molecule has 0 aromatic heterocycles. The van der Waals surface area contributed by atoms with Crippen LogP contribution in [0.2, 0.25) is 0 Å². The third kappa shape index (κ3) is 8.05. The first-order chi connectivity index (χ1) is 10.3. The number of alkyl carbamates (subject to hydrolysis) is 1. The normalized spacial score (nSPS) is 18.0. The molecule has 0 bridgehead atoms. The molecule has 5 nitrogen and oxygen atoms in total. The van der Waals surface area contributed by atoms with Gasteiger partial charge < -0.3 is 14.8 Å². The minimum absolute atomic E-state index is 0.211. The third-order valence-corrected chi connectivity index (χ3v) is 3.68. The zero-order valence-electron chi connectivity index (χ0n) is 14.2. The maximum atomic E-state index is 11.9. The number of carbonyl (C=O) groups is 2. The number of hydrogen-bond acceptors (Lipinski definition) is 4. The number of esters is 1. The van der Waals surface area contributed by atoms with Crippen LogP contribution in [-0.4, -0.2) is 30.8 Å². The molecule has 1 rings (SSSR count). The van der Waals surface area contributed by atoms with E-state index in [4.69, 9.17) is 4.74 Å². The van der Waals surface area contributed by atoms with Crippen molar-refractivity contribution in [3.8, 4) is 0 Å². The summed E-state index contributed by atoms with van der Waals surface area (Å²) in [4.78, 5) is 23.2. The highest BCUT2D eigenvalue weighted by Gasteiger charge is 2.22. The average molecular weight is 311 g/mol. The van der Waals surface area contributed by atoms with E-state index in [1.54, 1.807) is 6.08 Å². The van der Waals surface area contributed by atoms with Crippen LogP contribution >= 0.6 is 0 Å². The Bertz CT molecular complexity index is 392. The summed E-state index contributed by atoms with van der Waals surface area (Å²) in [5.41, 5.74) is -0.536. The van der Waals surface area contributed by atoms with Crippen molar-refractivity contribution in [2.24, 2.45) is 5.92 Å². The predicted molar refractivity (Wildman–Crippen MR) is 85.5 cm³/mol. The van der Waals surface area contributed by atoms with E-state index in [1.807, 2.05) is 20.8 Å². The second-order valence-electron chi connectivity index (χ2n) is 6.87. The molecule has 1 amide bonds. The van der Waals surface area contributed by atoms with Gasteiger partial charge in [-0.2, -0.15) is 0 Å². The summed E-state index contributed by atoms with van der Waals surface area (Å²) < 4.78 is 9.90. The highest BCUT2D eigenvalue weighted by Crippen LogP contribution is 2.27. The number of hydrogen-bond donors (Lipinski definition) is 1. The van der Waals surface area contributed by atoms with Crippen LogP contribution in [0.3, 0.4) is 0 Å². The van der Waals surface area contributed by atoms with Gasteiger partial charge in [-0.15, -0.1) is 0 Å². The number of ether oxygens (including phenoxy) is 2. The quantitative estimate of drug-likeness (QED) is 0.622. The van der Waals surface area contributed by atoms with Crippen molar-refractivity contribution in [3.05, 3.63) is 12.2 Å². The summed E-state index contributed by atoms with van der Waals surface area (Å²) in [6, 6.07) is -0.211. The van der Waals surface area contributed by atoms with Crippen molar-refractivity contribution in [2.75, 3.05) is 7.11 Å². The van der Waals surface area contributed by atoms with Crippen molar-refractivity contribution < 1.29 is 19.1 Å². The third-order valence-electron chi connectivity index (χ3n) is 3.68. The van der Waals surface area contributed by atoms with E-state index in [-0.39, 0.29) is 6.04 Å². The van der Waals surface area contributed by atoms with Crippen molar-refractivity contribution in [3.63, 3.8) is 0 Å². The molecule has 22 heavy (non-hydrogen) atoms. The van der Waals surface area contributed by atoms with Gasteiger partial charge in [0.05, 0.1) is 13.2 Å². The molecular weight excluding hydrogens is 282 g/mol. The molecule has 0 aromatic rings. The molecule has 0 radical (unpaired) electrons. The first-order valence-corrected chi connectivity index (χ1v) is 8.06. The van der Waals surface area contributed by atoms with E-state index in [9.17, 15) is 9.59 Å². The second kappa shape index (κ2) is 8.81. The Hall–Kier alpha value is -1.52. The van der Waals surface area contributed by atoms with Crippen LogP contribution in [-0.2, 0) is 14.3 Å². The van der Waals surface area contributed by atoms with Crippen LogP contribution in [0, 0.1) is 5.92 Å². The van der Waals surface area contributed by atoms with E-state index in [1.165, 1.54) is 45.3 Å². The molecule has 0 spiro atoms. The lowest BCUT2D eigenvalue weighted by molar-refractivity contribution is -0.134. The SMILES string of the molecule is COC(=O)/C=C/[C@H](CC1CCCCC1)NC(=O)OC(C)(C)C. The van der Waals surface area contributed by atoms with Gasteiger partial charge in [-0.3, -0.25) is 0 Å². The average Bonchev–Trinajstić information content (AvgIpc) is 2.43. The fourth-order valence-electron chi connectivity index (χ4n) is 2.69. The molecule has 0 saturated heterocycles. The van der Waals surface area contributed by atoms with E-state index in [0.29, 0.717) is 5.92 Å². The molecule has 5 heteroatoms. The molecule has 1 aliphatic rings. The van der Waals surface area contributed by atoms with Gasteiger partial charge in [-0.1, -0.05) is 38.2 Å². The van der Waals surface area contributed by atoms with Crippen LogP contribution in [0.15, 0.2) is 12.2 Å². The summed E-state index contributed by atoms with van der Waals surface area (Å²) >= 11 is 0. The zero-order valence-corrected chi connectivity index (χ0v) is 14.2. The molecule has 126 valence electrons. The lowest BCUT2D eigenvalue weighted by Gasteiger charge is -2.27. The molecule has 0 heterocycles. The lowest BCUT2D eigenvalue weighted by atomic mass is 9.85. The van der Waals surface area contributed by atoms with E-state index < -0.39 is 17.7 Å². The maximum Gasteiger partial charge on any atom is 0.408 e. The summed E-state index contributed by atoms with van der Waals surface area (Å²) in [5, 5.41) is 2.84. The van der Waals surface area contributed by atoms with Gasteiger partial charge in [0.2, 0.25) is 0 Å². The Labute approximate surface area is 133 Å². The molecule has 1 saturated carbocycles. The van der Waals surface area contributed by atoms with Crippen LogP contribution < -0.4 is 5.32 Å². The van der Waals surface area contributed by atoms with Crippen molar-refractivity contribution in [1.29, 1.82) is 0 Å². The number of amides is 1. The largest absolute Gasteiger partial charge is 0.466 e. The molecule has 1 aliphatic carbocycles. The predicted octanol–water partition coefficient (Wildman–Crippen LogP) is 3.58. The van der Waals surface area contributed by atoms with Crippen LogP contribution in [0.4, 0.5) is 4.79 Å². The van der Waals surface area contributed by atoms with Gasteiger partial charge in [0.15, 0.2) is 0 Å². The summed E-state index contributed by atoms with van der Waals surface area (Å²) in [6.07, 6.45) is 9.56. The Morgan fingerprint density at radius 2 is 1.86 bits per heavy atom. The number of nitrogens with one attached hydrogen (secondary N) is 1. The van der Waals surface area contributed by atoms with Gasteiger partial charge in [0.1, 0.15) is 5.60 Å². The van der Waals surface area contributed by atoms with Gasteiger partial charge in [-0.25, -0.2) is 9.59 Å². The maximum absolute atomic E-state index is 11.9. The fraction of sp³-hybridized carbons (Fsp3) is 0.765. The van der Waals surface area contributed by atoms with E-state index in [0.717, 1.165) is 6.42 Å². The standard InChI is InChI=1S/C17H29NO4/c1-17(2,3)22-16(20)18-14(10-11-15(19)21-4)12-13-8-6-5-7-9-13/h10-11,13-14H,5-9,12H2,1-4H3,(H,18,20)/b11-10+/t14-/m1/s1. The van der Waals surface area contributed by atoms with Crippen molar-refractivity contribution in [1.82, 2.24) is 5.32 Å². The fourth-order valence-corrected chi connectivity index (χ4v) is 2.69. The van der Waals surface area contributed by atoms with E-state index >= 15 is 0 Å².